The van der Waals surface area contributed by atoms with Gasteiger partial charge in [0.25, 0.3) is 0 Å². The lowest BCUT2D eigenvalue weighted by molar-refractivity contribution is 0.102. The molecule has 12 heteroatoms. The number of benzene rings is 3. The van der Waals surface area contributed by atoms with Crippen molar-refractivity contribution in [1.82, 2.24) is 30.2 Å². The Bertz CT molecular complexity index is 1660. The van der Waals surface area contributed by atoms with E-state index in [1.807, 2.05) is 61.5 Å². The van der Waals surface area contributed by atoms with Gasteiger partial charge in [-0.05, 0) is 31.2 Å². The number of aromatic amines is 1. The summed E-state index contributed by atoms with van der Waals surface area (Å²) in [5.41, 5.74) is 4.21. The minimum absolute atomic E-state index is 0.00469. The van der Waals surface area contributed by atoms with E-state index in [1.54, 1.807) is 16.8 Å². The van der Waals surface area contributed by atoms with E-state index >= 15 is 0 Å². The summed E-state index contributed by atoms with van der Waals surface area (Å²) in [5.74, 6) is 0.557. The van der Waals surface area contributed by atoms with Crippen molar-refractivity contribution in [2.45, 2.75) is 17.0 Å². The minimum Gasteiger partial charge on any atom is -0.293 e. The molecule has 3 N–H and O–H groups in total. The lowest BCUT2D eigenvalue weighted by atomic mass is 10.1. The second-order valence-electron chi connectivity index (χ2n) is 8.15. The molecule has 37 heavy (non-hydrogen) atoms. The maximum atomic E-state index is 12.5. The molecule has 0 saturated heterocycles. The van der Waals surface area contributed by atoms with Crippen LogP contribution in [0.2, 0.25) is 0 Å². The van der Waals surface area contributed by atoms with E-state index in [1.165, 1.54) is 23.9 Å². The largest absolute Gasteiger partial charge is 0.293 e. The zero-order valence-electron chi connectivity index (χ0n) is 19.6. The number of carbonyl (C=O) groups excluding carboxylic acids is 1. The molecule has 0 saturated carbocycles. The second kappa shape index (κ2) is 10.1. The number of Topliss-reactive ketones (excluding diaryl/α,β-unsaturated/α-hetero) is 1. The van der Waals surface area contributed by atoms with E-state index in [0.29, 0.717) is 33.6 Å². The molecule has 0 aliphatic rings. The van der Waals surface area contributed by atoms with Gasteiger partial charge in [0.05, 0.1) is 16.3 Å². The van der Waals surface area contributed by atoms with Crippen molar-refractivity contribution < 1.29 is 13.2 Å². The van der Waals surface area contributed by atoms with Crippen molar-refractivity contribution in [3.05, 3.63) is 90.0 Å². The Morgan fingerprint density at radius 3 is 2.38 bits per heavy atom. The van der Waals surface area contributed by atoms with Crippen molar-refractivity contribution in [3.8, 4) is 28.5 Å². The van der Waals surface area contributed by atoms with Gasteiger partial charge in [0.2, 0.25) is 15.2 Å². The normalized spacial score (nSPS) is 11.5. The highest BCUT2D eigenvalue weighted by molar-refractivity contribution is 7.99. The second-order valence-corrected chi connectivity index (χ2v) is 10.7. The highest BCUT2D eigenvalue weighted by Gasteiger charge is 2.21. The van der Waals surface area contributed by atoms with Gasteiger partial charge in [-0.3, -0.25) is 9.89 Å². The van der Waals surface area contributed by atoms with Crippen LogP contribution in [0.15, 0.2) is 88.9 Å². The number of nitrogens with one attached hydrogen (secondary N) is 1. The zero-order chi connectivity index (χ0) is 26.0. The van der Waals surface area contributed by atoms with Crippen LogP contribution < -0.4 is 5.14 Å². The van der Waals surface area contributed by atoms with Crippen LogP contribution in [0.25, 0.3) is 28.5 Å². The van der Waals surface area contributed by atoms with Gasteiger partial charge in [0.15, 0.2) is 17.3 Å². The fourth-order valence-corrected chi connectivity index (χ4v) is 4.83. The molecule has 0 amide bonds. The highest BCUT2D eigenvalue weighted by atomic mass is 32.2. The summed E-state index contributed by atoms with van der Waals surface area (Å²) in [4.78, 5) is 17.1. The lowest BCUT2D eigenvalue weighted by Crippen LogP contribution is -2.12. The van der Waals surface area contributed by atoms with E-state index in [0.717, 1.165) is 11.1 Å². The number of thioether (sulfide) groups is 1. The van der Waals surface area contributed by atoms with Crippen molar-refractivity contribution in [1.29, 1.82) is 0 Å². The smallest absolute Gasteiger partial charge is 0.238 e. The van der Waals surface area contributed by atoms with Crippen LogP contribution in [0, 0.1) is 6.92 Å². The number of nitrogens with two attached hydrogens (primary N) is 1. The third kappa shape index (κ3) is 5.35. The third-order valence-electron chi connectivity index (χ3n) is 5.52. The maximum Gasteiger partial charge on any atom is 0.238 e. The zero-order valence-corrected chi connectivity index (χ0v) is 21.2. The highest BCUT2D eigenvalue weighted by Crippen LogP contribution is 2.31. The van der Waals surface area contributed by atoms with Gasteiger partial charge >= 0.3 is 0 Å². The number of H-pyrrole nitrogens is 1. The molecule has 5 aromatic rings. The molecule has 2 aromatic heterocycles. The fourth-order valence-electron chi connectivity index (χ4n) is 3.62. The molecule has 10 nitrogen and oxygen atoms in total. The van der Waals surface area contributed by atoms with Gasteiger partial charge in [-0.25, -0.2) is 18.2 Å². The Balaban J connectivity index is 1.45. The molecular formula is C25H21N7O3S2. The summed E-state index contributed by atoms with van der Waals surface area (Å²) in [7, 11) is -3.83. The van der Waals surface area contributed by atoms with Crippen LogP contribution in [0.5, 0.6) is 0 Å². The van der Waals surface area contributed by atoms with Crippen molar-refractivity contribution in [3.63, 3.8) is 0 Å². The summed E-state index contributed by atoms with van der Waals surface area (Å²) in [6, 6.07) is 22.9. The maximum absolute atomic E-state index is 12.5. The van der Waals surface area contributed by atoms with Crippen molar-refractivity contribution >= 4 is 27.6 Å². The average molecular weight is 532 g/mol. The topological polar surface area (TPSA) is 150 Å². The van der Waals surface area contributed by atoms with Crippen LogP contribution in [0.4, 0.5) is 0 Å². The number of nitrogens with zero attached hydrogens (tertiary/aromatic N) is 5. The molecule has 0 radical (unpaired) electrons. The molecule has 3 aromatic carbocycles. The Morgan fingerprint density at radius 2 is 1.70 bits per heavy atom. The third-order valence-corrected chi connectivity index (χ3v) is 7.30. The molecule has 0 spiro atoms. The first-order chi connectivity index (χ1) is 17.8. The monoisotopic (exact) mass is 531 g/mol. The molecule has 0 atom stereocenters. The fraction of sp³-hybridized carbons (Fsp3) is 0.0800. The Kier molecular flexibility index (Phi) is 6.70. The summed E-state index contributed by atoms with van der Waals surface area (Å²) >= 11 is 1.23. The summed E-state index contributed by atoms with van der Waals surface area (Å²) in [6.45, 7) is 1.97. The summed E-state index contributed by atoms with van der Waals surface area (Å²) in [5, 5.41) is 21.4. The quantitative estimate of drug-likeness (QED) is 0.228. The molecule has 2 heterocycles. The van der Waals surface area contributed by atoms with E-state index in [4.69, 9.17) is 5.14 Å². The minimum atomic E-state index is -3.83. The van der Waals surface area contributed by atoms with E-state index in [-0.39, 0.29) is 16.4 Å². The van der Waals surface area contributed by atoms with E-state index in [2.05, 4.69) is 25.5 Å². The molecule has 186 valence electrons. The van der Waals surface area contributed by atoms with Crippen LogP contribution in [0.3, 0.4) is 0 Å². The average Bonchev–Trinajstić information content (AvgIpc) is 3.55. The number of ketones is 1. The van der Waals surface area contributed by atoms with Gasteiger partial charge in [0, 0.05) is 11.1 Å². The van der Waals surface area contributed by atoms with Gasteiger partial charge in [-0.1, -0.05) is 77.1 Å². The van der Waals surface area contributed by atoms with Gasteiger partial charge in [0.1, 0.15) is 5.69 Å². The Hall–Kier alpha value is -4.13. The Labute approximate surface area is 217 Å². The number of sulfonamides is 1. The predicted molar refractivity (Wildman–Crippen MR) is 140 cm³/mol. The lowest BCUT2D eigenvalue weighted by Gasteiger charge is -2.08. The van der Waals surface area contributed by atoms with E-state index in [9.17, 15) is 13.2 Å². The number of primary sulfonamides is 1. The number of hydrogen-bond donors (Lipinski definition) is 2. The molecule has 5 rings (SSSR count). The number of carbonyl (C=O) groups is 1. The molecule has 0 fully saturated rings. The first-order valence-corrected chi connectivity index (χ1v) is 13.6. The number of hydrogen-bond acceptors (Lipinski definition) is 8. The predicted octanol–water partition coefficient (Wildman–Crippen LogP) is 3.65. The van der Waals surface area contributed by atoms with Gasteiger partial charge < -0.3 is 0 Å². The molecular weight excluding hydrogens is 510 g/mol. The van der Waals surface area contributed by atoms with Gasteiger partial charge in [-0.15, -0.1) is 10.2 Å². The van der Waals surface area contributed by atoms with Gasteiger partial charge in [-0.2, -0.15) is 4.98 Å². The summed E-state index contributed by atoms with van der Waals surface area (Å²) in [6.07, 6.45) is 0. The SMILES string of the molecule is Cc1ccc(C(=O)CSc2n[nH]c(-c3nnn(-c4ccc(S(N)(=O)=O)cc4)c3-c3ccccc3)n2)cc1. The standard InChI is InChI=1S/C25H21N7O3S2/c1-16-7-9-17(10-8-16)21(33)15-36-25-27-24(29-30-25)22-23(18-5-3-2-4-6-18)32(31-28-22)19-11-13-20(14-12-19)37(26,34)35/h2-14H,15H2,1H3,(H2,26,34,35)(H,27,29,30). The van der Waals surface area contributed by atoms with Crippen LogP contribution in [-0.2, 0) is 10.0 Å². The molecule has 0 bridgehead atoms. The summed E-state index contributed by atoms with van der Waals surface area (Å²) < 4.78 is 24.9. The first-order valence-electron chi connectivity index (χ1n) is 11.1. The van der Waals surface area contributed by atoms with Crippen molar-refractivity contribution in [2.24, 2.45) is 5.14 Å². The van der Waals surface area contributed by atoms with Crippen LogP contribution in [0.1, 0.15) is 15.9 Å². The molecule has 0 aliphatic carbocycles. The number of rotatable bonds is 8. The van der Waals surface area contributed by atoms with Crippen molar-refractivity contribution in [2.75, 3.05) is 5.75 Å². The molecule has 0 unspecified atom stereocenters. The van der Waals surface area contributed by atoms with E-state index < -0.39 is 10.0 Å². The van der Waals surface area contributed by atoms with Crippen LogP contribution in [-0.4, -0.2) is 50.1 Å². The van der Waals surface area contributed by atoms with Crippen LogP contribution >= 0.6 is 11.8 Å². The number of aryl methyl sites for hydroxylation is 1. The first kappa shape index (κ1) is 24.6. The Morgan fingerprint density at radius 1 is 1.00 bits per heavy atom. The number of aromatic nitrogens is 6. The molecule has 0 aliphatic heterocycles.